The molecule has 0 unspecified atom stereocenters. The Kier molecular flexibility index (Phi) is 6.01. The van der Waals surface area contributed by atoms with Crippen molar-refractivity contribution in [2.45, 2.75) is 38.6 Å². The number of alkyl halides is 3. The van der Waals surface area contributed by atoms with Crippen molar-refractivity contribution in [3.05, 3.63) is 47.0 Å². The fourth-order valence-corrected chi connectivity index (χ4v) is 3.00. The van der Waals surface area contributed by atoms with Gasteiger partial charge in [-0.2, -0.15) is 18.3 Å². The normalized spacial score (nSPS) is 15.3. The third-order valence-electron chi connectivity index (χ3n) is 4.66. The quantitative estimate of drug-likeness (QED) is 0.530. The Hall–Kier alpha value is -2.13. The summed E-state index contributed by atoms with van der Waals surface area (Å²) >= 11 is 0. The van der Waals surface area contributed by atoms with Crippen LogP contribution in [0.25, 0.3) is 0 Å². The monoisotopic (exact) mass is 387 g/mol. The van der Waals surface area contributed by atoms with Crippen LogP contribution in [0.4, 0.5) is 17.6 Å². The number of aromatic amines is 1. The highest BCUT2D eigenvalue weighted by molar-refractivity contribution is 5.33. The van der Waals surface area contributed by atoms with Crippen molar-refractivity contribution in [3.8, 4) is 5.75 Å². The molecular formula is C18H21F4N3O2. The molecule has 1 aliphatic rings. The SMILES string of the molecule is Oc1c(F)cccc1CN(COCc1cc(C(F)(F)F)n[nH]1)CC1CCC1. The molecule has 0 spiro atoms. The van der Waals surface area contributed by atoms with E-state index in [9.17, 15) is 22.7 Å². The Morgan fingerprint density at radius 1 is 1.30 bits per heavy atom. The van der Waals surface area contributed by atoms with Gasteiger partial charge in [-0.05, 0) is 30.9 Å². The lowest BCUT2D eigenvalue weighted by atomic mass is 9.85. The second kappa shape index (κ2) is 8.26. The summed E-state index contributed by atoms with van der Waals surface area (Å²) in [4.78, 5) is 1.92. The number of aromatic nitrogens is 2. The molecule has 3 rings (SSSR count). The van der Waals surface area contributed by atoms with Crippen LogP contribution in [0.15, 0.2) is 24.3 Å². The number of aromatic hydroxyl groups is 1. The molecule has 27 heavy (non-hydrogen) atoms. The lowest BCUT2D eigenvalue weighted by molar-refractivity contribution is -0.141. The van der Waals surface area contributed by atoms with Crippen LogP contribution in [-0.2, 0) is 24.1 Å². The van der Waals surface area contributed by atoms with Gasteiger partial charge in [0.25, 0.3) is 0 Å². The molecule has 1 fully saturated rings. The van der Waals surface area contributed by atoms with E-state index < -0.39 is 17.7 Å². The molecule has 148 valence electrons. The minimum absolute atomic E-state index is 0.0562. The van der Waals surface area contributed by atoms with E-state index >= 15 is 0 Å². The molecule has 2 aromatic rings. The molecule has 0 aliphatic heterocycles. The number of phenols is 1. The molecule has 1 aromatic heterocycles. The summed E-state index contributed by atoms with van der Waals surface area (Å²) in [5.41, 5.74) is -0.324. The number of halogens is 4. The Labute approximate surface area is 153 Å². The van der Waals surface area contributed by atoms with E-state index in [1.807, 2.05) is 4.90 Å². The number of phenolic OH excluding ortho intramolecular Hbond substituents is 1. The van der Waals surface area contributed by atoms with Crippen molar-refractivity contribution in [2.24, 2.45) is 5.92 Å². The maximum Gasteiger partial charge on any atom is 0.435 e. The number of para-hydroxylation sites is 1. The first-order valence-electron chi connectivity index (χ1n) is 8.71. The molecule has 1 saturated carbocycles. The smallest absolute Gasteiger partial charge is 0.435 e. The average molecular weight is 387 g/mol. The predicted octanol–water partition coefficient (Wildman–Crippen LogP) is 4.05. The molecule has 5 nitrogen and oxygen atoms in total. The van der Waals surface area contributed by atoms with Gasteiger partial charge in [-0.3, -0.25) is 10.00 Å². The maximum atomic E-state index is 13.5. The van der Waals surface area contributed by atoms with Crippen molar-refractivity contribution in [1.82, 2.24) is 15.1 Å². The standard InChI is InChI=1S/C18H21F4N3O2/c19-15-6-2-5-13(17(15)26)9-25(8-12-3-1-4-12)11-27-10-14-7-16(24-23-14)18(20,21)22/h2,5-7,12,26H,1,3-4,8-11H2,(H,23,24). The summed E-state index contributed by atoms with van der Waals surface area (Å²) in [6.07, 6.45) is -1.14. The van der Waals surface area contributed by atoms with E-state index in [1.165, 1.54) is 18.6 Å². The van der Waals surface area contributed by atoms with E-state index in [2.05, 4.69) is 10.2 Å². The fraction of sp³-hybridized carbons (Fsp3) is 0.500. The van der Waals surface area contributed by atoms with Crippen LogP contribution in [0.5, 0.6) is 5.75 Å². The third kappa shape index (κ3) is 5.20. The Morgan fingerprint density at radius 3 is 2.70 bits per heavy atom. The summed E-state index contributed by atoms with van der Waals surface area (Å²) < 4.78 is 56.8. The first kappa shape index (κ1) is 19.6. The third-order valence-corrected chi connectivity index (χ3v) is 4.66. The van der Waals surface area contributed by atoms with Crippen LogP contribution in [0, 0.1) is 11.7 Å². The first-order valence-corrected chi connectivity index (χ1v) is 8.71. The number of hydrogen-bond donors (Lipinski definition) is 2. The number of benzene rings is 1. The minimum Gasteiger partial charge on any atom is -0.505 e. The molecule has 1 heterocycles. The predicted molar refractivity (Wildman–Crippen MR) is 89.1 cm³/mol. The fourth-order valence-electron chi connectivity index (χ4n) is 3.00. The number of nitrogens with zero attached hydrogens (tertiary/aromatic N) is 2. The zero-order chi connectivity index (χ0) is 19.4. The molecule has 0 radical (unpaired) electrons. The lowest BCUT2D eigenvalue weighted by Crippen LogP contribution is -2.34. The van der Waals surface area contributed by atoms with E-state index in [4.69, 9.17) is 4.74 Å². The largest absolute Gasteiger partial charge is 0.505 e. The molecule has 2 N–H and O–H groups in total. The molecule has 1 aromatic carbocycles. The van der Waals surface area contributed by atoms with Crippen LogP contribution in [-0.4, -0.2) is 33.5 Å². The van der Waals surface area contributed by atoms with E-state index in [1.54, 1.807) is 6.07 Å². The molecule has 0 amide bonds. The van der Waals surface area contributed by atoms with Crippen molar-refractivity contribution >= 4 is 0 Å². The van der Waals surface area contributed by atoms with Gasteiger partial charge in [-0.1, -0.05) is 18.6 Å². The summed E-state index contributed by atoms with van der Waals surface area (Å²) in [7, 11) is 0. The van der Waals surface area contributed by atoms with Gasteiger partial charge in [0.2, 0.25) is 0 Å². The second-order valence-electron chi connectivity index (χ2n) is 6.81. The van der Waals surface area contributed by atoms with Gasteiger partial charge in [-0.15, -0.1) is 0 Å². The van der Waals surface area contributed by atoms with Crippen LogP contribution in [0.2, 0.25) is 0 Å². The van der Waals surface area contributed by atoms with Gasteiger partial charge in [0.1, 0.15) is 0 Å². The lowest BCUT2D eigenvalue weighted by Gasteiger charge is -2.32. The Bertz CT molecular complexity index is 759. The van der Waals surface area contributed by atoms with E-state index in [0.29, 0.717) is 18.0 Å². The number of rotatable bonds is 8. The van der Waals surface area contributed by atoms with E-state index in [-0.39, 0.29) is 31.3 Å². The van der Waals surface area contributed by atoms with Gasteiger partial charge >= 0.3 is 6.18 Å². The highest BCUT2D eigenvalue weighted by Crippen LogP contribution is 2.29. The summed E-state index contributed by atoms with van der Waals surface area (Å²) in [6.45, 7) is 1.09. The molecule has 9 heteroatoms. The van der Waals surface area contributed by atoms with Crippen LogP contribution in [0.1, 0.15) is 36.2 Å². The molecule has 1 aliphatic carbocycles. The van der Waals surface area contributed by atoms with Gasteiger partial charge in [0.05, 0.1) is 19.0 Å². The van der Waals surface area contributed by atoms with Crippen molar-refractivity contribution < 1.29 is 27.4 Å². The van der Waals surface area contributed by atoms with E-state index in [0.717, 1.165) is 18.9 Å². The van der Waals surface area contributed by atoms with Crippen LogP contribution >= 0.6 is 0 Å². The van der Waals surface area contributed by atoms with Crippen molar-refractivity contribution in [2.75, 3.05) is 13.3 Å². The van der Waals surface area contributed by atoms with Gasteiger partial charge < -0.3 is 9.84 Å². The van der Waals surface area contributed by atoms with Crippen LogP contribution < -0.4 is 0 Å². The highest BCUT2D eigenvalue weighted by Gasteiger charge is 2.33. The van der Waals surface area contributed by atoms with Gasteiger partial charge in [0.15, 0.2) is 17.3 Å². The molecule has 0 saturated heterocycles. The summed E-state index contributed by atoms with van der Waals surface area (Å²) in [5, 5.41) is 15.4. The second-order valence-corrected chi connectivity index (χ2v) is 6.81. The number of ether oxygens (including phenoxy) is 1. The highest BCUT2D eigenvalue weighted by atomic mass is 19.4. The number of H-pyrrole nitrogens is 1. The average Bonchev–Trinajstić information content (AvgIpc) is 3.04. The van der Waals surface area contributed by atoms with Crippen molar-refractivity contribution in [3.63, 3.8) is 0 Å². The Morgan fingerprint density at radius 2 is 2.07 bits per heavy atom. The first-order chi connectivity index (χ1) is 12.8. The number of nitrogens with one attached hydrogen (secondary N) is 1. The van der Waals surface area contributed by atoms with Crippen LogP contribution in [0.3, 0.4) is 0 Å². The summed E-state index contributed by atoms with van der Waals surface area (Å²) in [5.74, 6) is -0.568. The molecule has 0 atom stereocenters. The van der Waals surface area contributed by atoms with Crippen molar-refractivity contribution in [1.29, 1.82) is 0 Å². The number of hydrogen-bond acceptors (Lipinski definition) is 4. The minimum atomic E-state index is -4.50. The van der Waals surface area contributed by atoms with Gasteiger partial charge in [-0.25, -0.2) is 4.39 Å². The zero-order valence-electron chi connectivity index (χ0n) is 14.6. The van der Waals surface area contributed by atoms with Gasteiger partial charge in [0, 0.05) is 18.7 Å². The molecular weight excluding hydrogens is 366 g/mol. The molecule has 0 bridgehead atoms. The topological polar surface area (TPSA) is 61.4 Å². The zero-order valence-corrected chi connectivity index (χ0v) is 14.6. The maximum absolute atomic E-state index is 13.5. The summed E-state index contributed by atoms with van der Waals surface area (Å²) in [6, 6.07) is 5.25. The Balaban J connectivity index is 1.58.